The summed E-state index contributed by atoms with van der Waals surface area (Å²) in [6.07, 6.45) is 0.196. The van der Waals surface area contributed by atoms with E-state index >= 15 is 0 Å². The van der Waals surface area contributed by atoms with Gasteiger partial charge in [0.25, 0.3) is 0 Å². The molecule has 1 saturated heterocycles. The van der Waals surface area contributed by atoms with Gasteiger partial charge in [-0.1, -0.05) is 12.1 Å². The van der Waals surface area contributed by atoms with E-state index in [1.54, 1.807) is 0 Å². The second kappa shape index (κ2) is 6.89. The number of hydrogen-bond acceptors (Lipinski definition) is 4. The Morgan fingerprint density at radius 2 is 2.11 bits per heavy atom. The topological polar surface area (TPSA) is 33.7 Å². The monoisotopic (exact) mass is 264 g/mol. The molecule has 0 aromatic heterocycles. The molecule has 4 nitrogen and oxygen atoms in total. The van der Waals surface area contributed by atoms with Gasteiger partial charge in [-0.15, -0.1) is 0 Å². The molecule has 0 spiro atoms. The third-order valence-electron chi connectivity index (χ3n) is 3.54. The van der Waals surface area contributed by atoms with E-state index in [0.717, 1.165) is 25.4 Å². The van der Waals surface area contributed by atoms with Crippen LogP contribution in [0.5, 0.6) is 5.75 Å². The first kappa shape index (κ1) is 14.3. The number of hydrogen-bond donors (Lipinski definition) is 1. The molecule has 106 valence electrons. The Bertz CT molecular complexity index is 378. The lowest BCUT2D eigenvalue weighted by molar-refractivity contribution is -0.0606. The van der Waals surface area contributed by atoms with Crippen molar-refractivity contribution in [3.8, 4) is 5.75 Å². The molecule has 1 N–H and O–H groups in total. The average molecular weight is 264 g/mol. The molecule has 2 unspecified atom stereocenters. The molecule has 0 saturated carbocycles. The third-order valence-corrected chi connectivity index (χ3v) is 3.54. The van der Waals surface area contributed by atoms with Crippen LogP contribution in [0.3, 0.4) is 0 Å². The zero-order valence-electron chi connectivity index (χ0n) is 12.1. The molecule has 1 aliphatic heterocycles. The molecule has 2 atom stereocenters. The number of nitrogens with one attached hydrogen (secondary N) is 1. The maximum atomic E-state index is 5.90. The second-order valence-corrected chi connectivity index (χ2v) is 4.89. The molecule has 0 radical (unpaired) electrons. The van der Waals surface area contributed by atoms with Crippen LogP contribution < -0.4 is 10.1 Å². The maximum absolute atomic E-state index is 5.90. The fourth-order valence-corrected chi connectivity index (χ4v) is 2.63. The molecule has 1 fully saturated rings. The van der Waals surface area contributed by atoms with E-state index < -0.39 is 0 Å². The van der Waals surface area contributed by atoms with Gasteiger partial charge in [-0.2, -0.15) is 0 Å². The van der Waals surface area contributed by atoms with Gasteiger partial charge in [0.15, 0.2) is 0 Å². The van der Waals surface area contributed by atoms with Crippen LogP contribution >= 0.6 is 0 Å². The summed E-state index contributed by atoms with van der Waals surface area (Å²) >= 11 is 0. The Labute approximate surface area is 115 Å². The molecule has 19 heavy (non-hydrogen) atoms. The van der Waals surface area contributed by atoms with E-state index in [-0.39, 0.29) is 6.10 Å². The molecule has 1 aromatic rings. The molecule has 0 aliphatic carbocycles. The standard InChI is InChI=1S/C15H24N2O2/c1-4-18-13-7-5-12(6-8-13)15-14(11-16-2)19-10-9-17(15)3/h5-8,14-16H,4,9-11H2,1-3H3. The van der Waals surface area contributed by atoms with Crippen LogP contribution in [0.25, 0.3) is 0 Å². The molecule has 1 heterocycles. The van der Waals surface area contributed by atoms with Crippen molar-refractivity contribution in [1.82, 2.24) is 10.2 Å². The minimum Gasteiger partial charge on any atom is -0.494 e. The van der Waals surface area contributed by atoms with Crippen molar-refractivity contribution >= 4 is 0 Å². The van der Waals surface area contributed by atoms with Gasteiger partial charge in [-0.05, 0) is 38.7 Å². The molecular formula is C15H24N2O2. The van der Waals surface area contributed by atoms with E-state index in [4.69, 9.17) is 9.47 Å². The zero-order chi connectivity index (χ0) is 13.7. The Morgan fingerprint density at radius 1 is 1.37 bits per heavy atom. The van der Waals surface area contributed by atoms with Gasteiger partial charge in [0.05, 0.1) is 25.4 Å². The maximum Gasteiger partial charge on any atom is 0.119 e. The first-order valence-electron chi connectivity index (χ1n) is 6.95. The summed E-state index contributed by atoms with van der Waals surface area (Å²) in [7, 11) is 4.12. The summed E-state index contributed by atoms with van der Waals surface area (Å²) in [6, 6.07) is 8.67. The zero-order valence-corrected chi connectivity index (χ0v) is 12.1. The Hall–Kier alpha value is -1.10. The van der Waals surface area contributed by atoms with Crippen molar-refractivity contribution in [2.45, 2.75) is 19.1 Å². The van der Waals surface area contributed by atoms with Crippen LogP contribution in [0, 0.1) is 0 Å². The lowest BCUT2D eigenvalue weighted by Gasteiger charge is -2.39. The highest BCUT2D eigenvalue weighted by molar-refractivity contribution is 5.30. The summed E-state index contributed by atoms with van der Waals surface area (Å²) in [5.41, 5.74) is 1.28. The predicted molar refractivity (Wildman–Crippen MR) is 76.6 cm³/mol. The van der Waals surface area contributed by atoms with Crippen molar-refractivity contribution in [3.63, 3.8) is 0 Å². The summed E-state index contributed by atoms with van der Waals surface area (Å²) in [4.78, 5) is 2.36. The van der Waals surface area contributed by atoms with Gasteiger partial charge < -0.3 is 14.8 Å². The Balaban J connectivity index is 2.15. The lowest BCUT2D eigenvalue weighted by atomic mass is 9.98. The van der Waals surface area contributed by atoms with Crippen molar-refractivity contribution in [2.75, 3.05) is 40.4 Å². The number of rotatable bonds is 5. The van der Waals surface area contributed by atoms with E-state index in [0.29, 0.717) is 12.6 Å². The van der Waals surface area contributed by atoms with E-state index in [1.807, 2.05) is 26.1 Å². The molecule has 0 amide bonds. The van der Waals surface area contributed by atoms with Crippen LogP contribution in [0.1, 0.15) is 18.5 Å². The van der Waals surface area contributed by atoms with E-state index in [2.05, 4.69) is 29.4 Å². The minimum atomic E-state index is 0.196. The highest BCUT2D eigenvalue weighted by Crippen LogP contribution is 2.29. The normalized spacial score (nSPS) is 24.4. The number of ether oxygens (including phenoxy) is 2. The van der Waals surface area contributed by atoms with E-state index in [9.17, 15) is 0 Å². The van der Waals surface area contributed by atoms with Gasteiger partial charge in [-0.3, -0.25) is 4.90 Å². The fraction of sp³-hybridized carbons (Fsp3) is 0.600. The molecule has 1 aromatic carbocycles. The first-order valence-corrected chi connectivity index (χ1v) is 6.95. The van der Waals surface area contributed by atoms with Gasteiger partial charge in [0.1, 0.15) is 5.75 Å². The summed E-state index contributed by atoms with van der Waals surface area (Å²) in [5, 5.41) is 3.21. The van der Waals surface area contributed by atoms with Crippen LogP contribution in [-0.4, -0.2) is 51.4 Å². The highest BCUT2D eigenvalue weighted by atomic mass is 16.5. The second-order valence-electron chi connectivity index (χ2n) is 4.89. The number of morpholine rings is 1. The molecular weight excluding hydrogens is 240 g/mol. The number of nitrogens with zero attached hydrogens (tertiary/aromatic N) is 1. The number of benzene rings is 1. The average Bonchev–Trinajstić information content (AvgIpc) is 2.41. The van der Waals surface area contributed by atoms with Gasteiger partial charge in [0, 0.05) is 13.1 Å². The minimum absolute atomic E-state index is 0.196. The quantitative estimate of drug-likeness (QED) is 0.877. The predicted octanol–water partition coefficient (Wildman–Crippen LogP) is 1.68. The molecule has 2 rings (SSSR count). The molecule has 4 heteroatoms. The first-order chi connectivity index (χ1) is 9.26. The van der Waals surface area contributed by atoms with Crippen molar-refractivity contribution < 1.29 is 9.47 Å². The van der Waals surface area contributed by atoms with Crippen LogP contribution in [-0.2, 0) is 4.74 Å². The number of likely N-dealkylation sites (N-methyl/N-ethyl adjacent to an activating group) is 2. The van der Waals surface area contributed by atoms with Crippen molar-refractivity contribution in [2.24, 2.45) is 0 Å². The molecule has 0 bridgehead atoms. The van der Waals surface area contributed by atoms with Crippen LogP contribution in [0.4, 0.5) is 0 Å². The SMILES string of the molecule is CCOc1ccc(C2C(CNC)OCCN2C)cc1. The summed E-state index contributed by atoms with van der Waals surface area (Å²) in [6.45, 7) is 5.34. The largest absolute Gasteiger partial charge is 0.494 e. The van der Waals surface area contributed by atoms with Crippen LogP contribution in [0.2, 0.25) is 0 Å². The molecule has 1 aliphatic rings. The van der Waals surface area contributed by atoms with Gasteiger partial charge in [-0.25, -0.2) is 0 Å². The lowest BCUT2D eigenvalue weighted by Crippen LogP contribution is -2.46. The summed E-state index contributed by atoms with van der Waals surface area (Å²) < 4.78 is 11.4. The van der Waals surface area contributed by atoms with Crippen LogP contribution in [0.15, 0.2) is 24.3 Å². The highest BCUT2D eigenvalue weighted by Gasteiger charge is 2.30. The van der Waals surface area contributed by atoms with Crippen molar-refractivity contribution in [1.29, 1.82) is 0 Å². The van der Waals surface area contributed by atoms with Gasteiger partial charge >= 0.3 is 0 Å². The van der Waals surface area contributed by atoms with Crippen molar-refractivity contribution in [3.05, 3.63) is 29.8 Å². The Kier molecular flexibility index (Phi) is 5.19. The smallest absolute Gasteiger partial charge is 0.119 e. The third kappa shape index (κ3) is 3.47. The fourth-order valence-electron chi connectivity index (χ4n) is 2.63. The van der Waals surface area contributed by atoms with Gasteiger partial charge in [0.2, 0.25) is 0 Å². The van der Waals surface area contributed by atoms with E-state index in [1.165, 1.54) is 5.56 Å². The Morgan fingerprint density at radius 3 is 2.74 bits per heavy atom. The summed E-state index contributed by atoms with van der Waals surface area (Å²) in [5.74, 6) is 0.927.